The molecule has 0 bridgehead atoms. The van der Waals surface area contributed by atoms with Crippen LogP contribution in [0.2, 0.25) is 5.02 Å². The smallest absolute Gasteiger partial charge is 0.253 e. The van der Waals surface area contributed by atoms with Crippen LogP contribution < -0.4 is 10.0 Å². The van der Waals surface area contributed by atoms with Crippen molar-refractivity contribution in [1.29, 1.82) is 0 Å². The molecule has 2 N–H and O–H groups in total. The third-order valence-electron chi connectivity index (χ3n) is 4.53. The number of amides is 1. The fourth-order valence-electron chi connectivity index (χ4n) is 3.15. The molecule has 2 aromatic carbocycles. The number of sulfonamides is 1. The zero-order chi connectivity index (χ0) is 19.4. The molecule has 0 saturated carbocycles. The zero-order valence-electron chi connectivity index (χ0n) is 14.9. The SMILES string of the molecule is COCCNS(=O)(=O)c1ccc(Cl)c(C(=O)NC2CCc3ccccc32)c1. The van der Waals surface area contributed by atoms with Crippen molar-refractivity contribution in [2.45, 2.75) is 23.8 Å². The summed E-state index contributed by atoms with van der Waals surface area (Å²) in [5, 5.41) is 3.17. The summed E-state index contributed by atoms with van der Waals surface area (Å²) >= 11 is 6.16. The van der Waals surface area contributed by atoms with Gasteiger partial charge in [0.15, 0.2) is 0 Å². The molecule has 8 heteroatoms. The Bertz CT molecular complexity index is 946. The van der Waals surface area contributed by atoms with Gasteiger partial charge in [0.25, 0.3) is 5.91 Å². The Kier molecular flexibility index (Phi) is 6.16. The third-order valence-corrected chi connectivity index (χ3v) is 6.32. The van der Waals surface area contributed by atoms with Crippen molar-refractivity contribution in [3.05, 3.63) is 64.2 Å². The van der Waals surface area contributed by atoms with E-state index in [0.717, 1.165) is 18.4 Å². The summed E-state index contributed by atoms with van der Waals surface area (Å²) < 4.78 is 32.0. The molecule has 0 spiro atoms. The van der Waals surface area contributed by atoms with Crippen LogP contribution in [-0.2, 0) is 21.2 Å². The number of halogens is 1. The molecule has 1 unspecified atom stereocenters. The lowest BCUT2D eigenvalue weighted by molar-refractivity contribution is 0.0936. The molecule has 6 nitrogen and oxygen atoms in total. The van der Waals surface area contributed by atoms with Crippen LogP contribution in [0.25, 0.3) is 0 Å². The molecule has 1 aliphatic carbocycles. The topological polar surface area (TPSA) is 84.5 Å². The van der Waals surface area contributed by atoms with Gasteiger partial charge in [-0.05, 0) is 42.2 Å². The highest BCUT2D eigenvalue weighted by Crippen LogP contribution is 2.31. The second-order valence-corrected chi connectivity index (χ2v) is 8.47. The van der Waals surface area contributed by atoms with E-state index in [1.54, 1.807) is 0 Å². The van der Waals surface area contributed by atoms with Crippen LogP contribution >= 0.6 is 11.6 Å². The number of ether oxygens (including phenoxy) is 1. The van der Waals surface area contributed by atoms with Gasteiger partial charge in [-0.25, -0.2) is 13.1 Å². The Morgan fingerprint density at radius 3 is 2.81 bits per heavy atom. The highest BCUT2D eigenvalue weighted by atomic mass is 35.5. The summed E-state index contributed by atoms with van der Waals surface area (Å²) in [6.07, 6.45) is 1.70. The number of hydrogen-bond donors (Lipinski definition) is 2. The van der Waals surface area contributed by atoms with E-state index < -0.39 is 15.9 Å². The van der Waals surface area contributed by atoms with Gasteiger partial charge < -0.3 is 10.1 Å². The van der Waals surface area contributed by atoms with Gasteiger partial charge in [-0.1, -0.05) is 35.9 Å². The van der Waals surface area contributed by atoms with Crippen molar-refractivity contribution in [2.75, 3.05) is 20.3 Å². The third kappa shape index (κ3) is 4.50. The minimum absolute atomic E-state index is 0.0139. The molecule has 1 amide bonds. The predicted molar refractivity (Wildman–Crippen MR) is 103 cm³/mol. The van der Waals surface area contributed by atoms with Gasteiger partial charge in [-0.15, -0.1) is 0 Å². The van der Waals surface area contributed by atoms with E-state index >= 15 is 0 Å². The van der Waals surface area contributed by atoms with E-state index in [1.165, 1.54) is 30.9 Å². The molecule has 0 radical (unpaired) electrons. The van der Waals surface area contributed by atoms with Crippen LogP contribution in [0.15, 0.2) is 47.4 Å². The highest BCUT2D eigenvalue weighted by Gasteiger charge is 2.25. The lowest BCUT2D eigenvalue weighted by Crippen LogP contribution is -2.29. The van der Waals surface area contributed by atoms with Gasteiger partial charge >= 0.3 is 0 Å². The average Bonchev–Trinajstić information content (AvgIpc) is 3.05. The maximum Gasteiger partial charge on any atom is 0.253 e. The number of aryl methyl sites for hydroxylation is 1. The molecule has 27 heavy (non-hydrogen) atoms. The van der Waals surface area contributed by atoms with Crippen LogP contribution in [0.1, 0.15) is 33.9 Å². The summed E-state index contributed by atoms with van der Waals surface area (Å²) in [5.74, 6) is -0.393. The molecule has 0 fully saturated rings. The molecular weight excluding hydrogens is 388 g/mol. The van der Waals surface area contributed by atoms with Crippen molar-refractivity contribution in [1.82, 2.24) is 10.0 Å². The minimum Gasteiger partial charge on any atom is -0.383 e. The van der Waals surface area contributed by atoms with E-state index in [1.807, 2.05) is 24.3 Å². The monoisotopic (exact) mass is 408 g/mol. The Hall–Kier alpha value is -1.93. The number of nitrogens with one attached hydrogen (secondary N) is 2. The number of benzene rings is 2. The fourth-order valence-corrected chi connectivity index (χ4v) is 4.39. The van der Waals surface area contributed by atoms with Crippen LogP contribution in [0.4, 0.5) is 0 Å². The summed E-state index contributed by atoms with van der Waals surface area (Å²) in [5.41, 5.74) is 2.44. The molecule has 144 valence electrons. The molecule has 3 rings (SSSR count). The fraction of sp³-hybridized carbons (Fsp3) is 0.316. The van der Waals surface area contributed by atoms with E-state index in [9.17, 15) is 13.2 Å². The number of methoxy groups -OCH3 is 1. The first kappa shape index (κ1) is 19.8. The molecule has 0 aromatic heterocycles. The summed E-state index contributed by atoms with van der Waals surface area (Å²) in [6.45, 7) is 0.392. The van der Waals surface area contributed by atoms with Gasteiger partial charge in [0.1, 0.15) is 0 Å². The first-order valence-electron chi connectivity index (χ1n) is 8.59. The number of rotatable bonds is 7. The van der Waals surface area contributed by atoms with Gasteiger partial charge in [-0.3, -0.25) is 4.79 Å². The van der Waals surface area contributed by atoms with Crippen molar-refractivity contribution in [3.8, 4) is 0 Å². The number of carbonyl (C=O) groups is 1. The quantitative estimate of drug-likeness (QED) is 0.690. The molecule has 2 aromatic rings. The van der Waals surface area contributed by atoms with E-state index in [-0.39, 0.29) is 34.7 Å². The van der Waals surface area contributed by atoms with Crippen molar-refractivity contribution < 1.29 is 17.9 Å². The zero-order valence-corrected chi connectivity index (χ0v) is 16.4. The number of fused-ring (bicyclic) bond motifs is 1. The first-order valence-corrected chi connectivity index (χ1v) is 10.5. The van der Waals surface area contributed by atoms with Gasteiger partial charge in [0.05, 0.1) is 28.1 Å². The largest absolute Gasteiger partial charge is 0.383 e. The molecular formula is C19H21ClN2O4S. The summed E-state index contributed by atoms with van der Waals surface area (Å²) in [6, 6.07) is 11.9. The van der Waals surface area contributed by atoms with E-state index in [0.29, 0.717) is 0 Å². The number of hydrogen-bond acceptors (Lipinski definition) is 4. The summed E-state index contributed by atoms with van der Waals surface area (Å²) in [7, 11) is -2.26. The maximum absolute atomic E-state index is 12.7. The lowest BCUT2D eigenvalue weighted by Gasteiger charge is -2.15. The van der Waals surface area contributed by atoms with Gasteiger partial charge in [-0.2, -0.15) is 0 Å². The Balaban J connectivity index is 1.79. The Morgan fingerprint density at radius 1 is 1.26 bits per heavy atom. The van der Waals surface area contributed by atoms with E-state index in [2.05, 4.69) is 10.0 Å². The molecule has 0 aliphatic heterocycles. The van der Waals surface area contributed by atoms with Crippen molar-refractivity contribution in [2.24, 2.45) is 0 Å². The standard InChI is InChI=1S/C19H21ClN2O4S/c1-26-11-10-21-27(24,25)14-7-8-17(20)16(12-14)19(23)22-18-9-6-13-4-2-3-5-15(13)18/h2-5,7-8,12,18,21H,6,9-11H2,1H3,(H,22,23). The highest BCUT2D eigenvalue weighted by molar-refractivity contribution is 7.89. The average molecular weight is 409 g/mol. The molecule has 0 saturated heterocycles. The maximum atomic E-state index is 12.7. The van der Waals surface area contributed by atoms with Gasteiger partial charge in [0, 0.05) is 13.7 Å². The van der Waals surface area contributed by atoms with Crippen LogP contribution in [0, 0.1) is 0 Å². The van der Waals surface area contributed by atoms with Crippen molar-refractivity contribution in [3.63, 3.8) is 0 Å². The normalized spacial score (nSPS) is 16.1. The number of carbonyl (C=O) groups excluding carboxylic acids is 1. The van der Waals surface area contributed by atoms with Crippen LogP contribution in [0.3, 0.4) is 0 Å². The lowest BCUT2D eigenvalue weighted by atomic mass is 10.1. The minimum atomic E-state index is -3.75. The Labute approximate surface area is 163 Å². The summed E-state index contributed by atoms with van der Waals surface area (Å²) in [4.78, 5) is 12.7. The van der Waals surface area contributed by atoms with Crippen LogP contribution in [0.5, 0.6) is 0 Å². The van der Waals surface area contributed by atoms with Gasteiger partial charge in [0.2, 0.25) is 10.0 Å². The first-order chi connectivity index (χ1) is 12.9. The predicted octanol–water partition coefficient (Wildman–Crippen LogP) is 2.68. The van der Waals surface area contributed by atoms with Crippen molar-refractivity contribution >= 4 is 27.5 Å². The van der Waals surface area contributed by atoms with Crippen LogP contribution in [-0.4, -0.2) is 34.6 Å². The second-order valence-electron chi connectivity index (χ2n) is 6.30. The molecule has 1 atom stereocenters. The molecule has 1 aliphatic rings. The van der Waals surface area contributed by atoms with E-state index in [4.69, 9.17) is 16.3 Å². The second kappa shape index (κ2) is 8.39. The Morgan fingerprint density at radius 2 is 2.04 bits per heavy atom. The molecule has 0 heterocycles.